The van der Waals surface area contributed by atoms with Crippen LogP contribution in [0.1, 0.15) is 15.9 Å². The molecule has 0 aromatic heterocycles. The van der Waals surface area contributed by atoms with E-state index in [9.17, 15) is 25.0 Å². The lowest BCUT2D eigenvalue weighted by atomic mass is 10.2. The summed E-state index contributed by atoms with van der Waals surface area (Å²) >= 11 is 0. The quantitative estimate of drug-likeness (QED) is 0.325. The molecule has 0 atom stereocenters. The van der Waals surface area contributed by atoms with Gasteiger partial charge in [-0.25, -0.2) is 4.79 Å². The summed E-state index contributed by atoms with van der Waals surface area (Å²) < 4.78 is 10.8. The zero-order valence-electron chi connectivity index (χ0n) is 14.9. The van der Waals surface area contributed by atoms with Crippen molar-refractivity contribution < 1.29 is 24.1 Å². The fourth-order valence-electron chi connectivity index (χ4n) is 2.50. The van der Waals surface area contributed by atoms with Crippen LogP contribution in [0.4, 0.5) is 11.4 Å². The normalized spacial score (nSPS) is 10.2. The molecule has 0 saturated carbocycles. The van der Waals surface area contributed by atoms with Crippen LogP contribution in [0.25, 0.3) is 0 Å². The number of hydrogen-bond donors (Lipinski definition) is 0. The average Bonchev–Trinajstić information content (AvgIpc) is 2.72. The highest BCUT2D eigenvalue weighted by Crippen LogP contribution is 2.25. The van der Waals surface area contributed by atoms with Crippen LogP contribution >= 0.6 is 0 Å². The van der Waals surface area contributed by atoms with E-state index >= 15 is 0 Å². The summed E-state index contributed by atoms with van der Waals surface area (Å²) in [5, 5.41) is 21.7. The van der Waals surface area contributed by atoms with Crippen molar-refractivity contribution in [1.82, 2.24) is 0 Å². The number of carbonyl (C=O) groups is 1. The number of nitro groups is 2. The molecule has 3 aromatic carbocycles. The summed E-state index contributed by atoms with van der Waals surface area (Å²) in [6, 6.07) is 17.7. The van der Waals surface area contributed by atoms with Crippen molar-refractivity contribution >= 4 is 17.3 Å². The Bertz CT molecular complexity index is 1060. The molecule has 9 heteroatoms. The second-order valence-electron chi connectivity index (χ2n) is 5.84. The second kappa shape index (κ2) is 8.61. The molecule has 29 heavy (non-hydrogen) atoms. The number of non-ortho nitro benzene ring substituents is 1. The molecule has 0 aliphatic heterocycles. The number of benzene rings is 3. The Balaban J connectivity index is 1.68. The SMILES string of the molecule is O=C(OCc1ccccc1[N+](=O)[O-])c1cccc(Oc2ccc([N+](=O)[O-])cc2)c1. The number of ether oxygens (including phenoxy) is 2. The van der Waals surface area contributed by atoms with E-state index in [-0.39, 0.29) is 29.1 Å². The Hall–Kier alpha value is -4.27. The van der Waals surface area contributed by atoms with Crippen LogP contribution in [-0.2, 0) is 11.3 Å². The maximum Gasteiger partial charge on any atom is 0.338 e. The van der Waals surface area contributed by atoms with Crippen molar-refractivity contribution in [2.24, 2.45) is 0 Å². The molecule has 0 aliphatic rings. The van der Waals surface area contributed by atoms with Gasteiger partial charge in [0.2, 0.25) is 0 Å². The number of hydrogen-bond acceptors (Lipinski definition) is 7. The smallest absolute Gasteiger partial charge is 0.338 e. The van der Waals surface area contributed by atoms with E-state index in [4.69, 9.17) is 9.47 Å². The molecule has 0 amide bonds. The van der Waals surface area contributed by atoms with E-state index in [1.165, 1.54) is 54.6 Å². The lowest BCUT2D eigenvalue weighted by Crippen LogP contribution is -2.06. The molecule has 0 fully saturated rings. The first kappa shape index (κ1) is 19.5. The van der Waals surface area contributed by atoms with E-state index in [2.05, 4.69) is 0 Å². The topological polar surface area (TPSA) is 122 Å². The fraction of sp³-hybridized carbons (Fsp3) is 0.0500. The van der Waals surface area contributed by atoms with Crippen molar-refractivity contribution in [2.75, 3.05) is 0 Å². The number of carbonyl (C=O) groups excluding carboxylic acids is 1. The van der Waals surface area contributed by atoms with Crippen molar-refractivity contribution in [1.29, 1.82) is 0 Å². The zero-order valence-corrected chi connectivity index (χ0v) is 14.9. The Morgan fingerprint density at radius 3 is 2.24 bits per heavy atom. The Morgan fingerprint density at radius 2 is 1.55 bits per heavy atom. The molecular weight excluding hydrogens is 380 g/mol. The molecule has 0 radical (unpaired) electrons. The number of nitro benzene ring substituents is 2. The number of esters is 1. The first-order chi connectivity index (χ1) is 13.9. The Morgan fingerprint density at radius 1 is 0.828 bits per heavy atom. The van der Waals surface area contributed by atoms with Crippen LogP contribution in [0, 0.1) is 20.2 Å². The molecule has 0 unspecified atom stereocenters. The van der Waals surface area contributed by atoms with Crippen molar-refractivity contribution in [3.63, 3.8) is 0 Å². The molecule has 0 aliphatic carbocycles. The van der Waals surface area contributed by atoms with Gasteiger partial charge in [0.05, 0.1) is 21.0 Å². The summed E-state index contributed by atoms with van der Waals surface area (Å²) in [6.07, 6.45) is 0. The summed E-state index contributed by atoms with van der Waals surface area (Å²) in [7, 11) is 0. The van der Waals surface area contributed by atoms with Gasteiger partial charge < -0.3 is 9.47 Å². The van der Waals surface area contributed by atoms with Gasteiger partial charge in [-0.15, -0.1) is 0 Å². The van der Waals surface area contributed by atoms with E-state index < -0.39 is 15.8 Å². The van der Waals surface area contributed by atoms with Gasteiger partial charge in [-0.05, 0) is 36.4 Å². The van der Waals surface area contributed by atoms with Crippen molar-refractivity contribution in [2.45, 2.75) is 6.61 Å². The lowest BCUT2D eigenvalue weighted by molar-refractivity contribution is -0.385. The van der Waals surface area contributed by atoms with Gasteiger partial charge in [0.15, 0.2) is 0 Å². The Labute approximate surface area is 164 Å². The van der Waals surface area contributed by atoms with Crippen LogP contribution in [-0.4, -0.2) is 15.8 Å². The standard InChI is InChI=1S/C20H14N2O7/c23-20(28-13-15-4-1-2-7-19(15)22(26)27)14-5-3-6-18(12-14)29-17-10-8-16(9-11-17)21(24)25/h1-12H,13H2. The third kappa shape index (κ3) is 4.92. The Kier molecular flexibility index (Phi) is 5.79. The monoisotopic (exact) mass is 394 g/mol. The van der Waals surface area contributed by atoms with Crippen LogP contribution in [0.2, 0.25) is 0 Å². The van der Waals surface area contributed by atoms with E-state index in [1.54, 1.807) is 18.2 Å². The minimum Gasteiger partial charge on any atom is -0.457 e. The van der Waals surface area contributed by atoms with E-state index in [1.807, 2.05) is 0 Å². The van der Waals surface area contributed by atoms with Gasteiger partial charge in [0.25, 0.3) is 11.4 Å². The predicted molar refractivity (Wildman–Crippen MR) is 102 cm³/mol. The van der Waals surface area contributed by atoms with Gasteiger partial charge in [0, 0.05) is 18.2 Å². The highest BCUT2D eigenvalue weighted by Gasteiger charge is 2.15. The number of rotatable bonds is 7. The van der Waals surface area contributed by atoms with Gasteiger partial charge in [0.1, 0.15) is 18.1 Å². The third-order valence-electron chi connectivity index (χ3n) is 3.90. The number of para-hydroxylation sites is 1. The minimum atomic E-state index is -0.669. The van der Waals surface area contributed by atoms with Crippen LogP contribution in [0.3, 0.4) is 0 Å². The first-order valence-electron chi connectivity index (χ1n) is 8.36. The molecule has 0 bridgehead atoms. The zero-order chi connectivity index (χ0) is 20.8. The highest BCUT2D eigenvalue weighted by molar-refractivity contribution is 5.89. The molecule has 9 nitrogen and oxygen atoms in total. The van der Waals surface area contributed by atoms with Crippen LogP contribution in [0.15, 0.2) is 72.8 Å². The fourth-order valence-corrected chi connectivity index (χ4v) is 2.50. The number of nitrogens with zero attached hydrogens (tertiary/aromatic N) is 2. The maximum atomic E-state index is 12.3. The van der Waals surface area contributed by atoms with Gasteiger partial charge in [-0.1, -0.05) is 18.2 Å². The van der Waals surface area contributed by atoms with Crippen molar-refractivity contribution in [3.8, 4) is 11.5 Å². The largest absolute Gasteiger partial charge is 0.457 e. The maximum absolute atomic E-state index is 12.3. The molecule has 0 saturated heterocycles. The third-order valence-corrected chi connectivity index (χ3v) is 3.90. The van der Waals surface area contributed by atoms with Crippen LogP contribution in [0.5, 0.6) is 11.5 Å². The van der Waals surface area contributed by atoms with E-state index in [0.29, 0.717) is 11.5 Å². The molecule has 0 N–H and O–H groups in total. The molecule has 3 aromatic rings. The summed E-state index contributed by atoms with van der Waals surface area (Å²) in [6.45, 7) is -0.247. The molecule has 0 spiro atoms. The van der Waals surface area contributed by atoms with Crippen molar-refractivity contribution in [3.05, 3.63) is 104 Å². The summed E-state index contributed by atoms with van der Waals surface area (Å²) in [4.78, 5) is 33.0. The van der Waals surface area contributed by atoms with Gasteiger partial charge >= 0.3 is 5.97 Å². The molecule has 146 valence electrons. The molecule has 0 heterocycles. The summed E-state index contributed by atoms with van der Waals surface area (Å²) in [5.41, 5.74) is 0.285. The molecule has 3 rings (SSSR count). The minimum absolute atomic E-state index is 0.0651. The van der Waals surface area contributed by atoms with E-state index in [0.717, 1.165) is 0 Å². The molecular formula is C20H14N2O7. The first-order valence-corrected chi connectivity index (χ1v) is 8.36. The van der Waals surface area contributed by atoms with Crippen LogP contribution < -0.4 is 4.74 Å². The highest BCUT2D eigenvalue weighted by atomic mass is 16.6. The average molecular weight is 394 g/mol. The van der Waals surface area contributed by atoms with Gasteiger partial charge in [-0.2, -0.15) is 0 Å². The predicted octanol–water partition coefficient (Wildman–Crippen LogP) is 4.65. The lowest BCUT2D eigenvalue weighted by Gasteiger charge is -2.08. The second-order valence-corrected chi connectivity index (χ2v) is 5.84. The summed E-state index contributed by atoms with van der Waals surface area (Å²) in [5.74, 6) is 0.0253. The van der Waals surface area contributed by atoms with Gasteiger partial charge in [-0.3, -0.25) is 20.2 Å².